The molecule has 0 radical (unpaired) electrons. The van der Waals surface area contributed by atoms with Crippen molar-refractivity contribution in [1.82, 2.24) is 4.90 Å². The SMILES string of the molecule is Cc1cc(N)c(Cl)cc1NC1CCN(C)C1. The van der Waals surface area contributed by atoms with Crippen LogP contribution in [0.1, 0.15) is 12.0 Å². The number of anilines is 2. The molecule has 0 saturated carbocycles. The summed E-state index contributed by atoms with van der Waals surface area (Å²) in [5.74, 6) is 0. The summed E-state index contributed by atoms with van der Waals surface area (Å²) in [7, 11) is 2.14. The van der Waals surface area contributed by atoms with Crippen LogP contribution in [0.5, 0.6) is 0 Å². The molecule has 2 rings (SSSR count). The molecule has 0 aromatic heterocycles. The van der Waals surface area contributed by atoms with E-state index < -0.39 is 0 Å². The van der Waals surface area contributed by atoms with E-state index in [1.54, 1.807) is 0 Å². The van der Waals surface area contributed by atoms with E-state index in [0.717, 1.165) is 24.3 Å². The normalized spacial score (nSPS) is 21.3. The molecule has 1 atom stereocenters. The van der Waals surface area contributed by atoms with E-state index in [1.807, 2.05) is 19.1 Å². The van der Waals surface area contributed by atoms with Gasteiger partial charge >= 0.3 is 0 Å². The maximum absolute atomic E-state index is 6.02. The van der Waals surface area contributed by atoms with E-state index >= 15 is 0 Å². The van der Waals surface area contributed by atoms with Crippen molar-refractivity contribution >= 4 is 23.0 Å². The Morgan fingerprint density at radius 2 is 2.25 bits per heavy atom. The second kappa shape index (κ2) is 4.52. The Hall–Kier alpha value is -0.930. The van der Waals surface area contributed by atoms with Gasteiger partial charge in [-0.1, -0.05) is 11.6 Å². The van der Waals surface area contributed by atoms with Crippen LogP contribution in [-0.4, -0.2) is 31.1 Å². The van der Waals surface area contributed by atoms with Gasteiger partial charge in [0.2, 0.25) is 0 Å². The van der Waals surface area contributed by atoms with Gasteiger partial charge in [0.15, 0.2) is 0 Å². The molecule has 3 nitrogen and oxygen atoms in total. The van der Waals surface area contributed by atoms with Gasteiger partial charge in [0.05, 0.1) is 10.7 Å². The lowest BCUT2D eigenvalue weighted by Crippen LogP contribution is -2.23. The molecule has 0 amide bonds. The maximum atomic E-state index is 6.02. The molecule has 0 spiro atoms. The van der Waals surface area contributed by atoms with Crippen LogP contribution in [0.2, 0.25) is 5.02 Å². The number of likely N-dealkylation sites (tertiary alicyclic amines) is 1. The first-order chi connectivity index (χ1) is 7.56. The van der Waals surface area contributed by atoms with Crippen LogP contribution in [-0.2, 0) is 0 Å². The highest BCUT2D eigenvalue weighted by Crippen LogP contribution is 2.28. The fourth-order valence-corrected chi connectivity index (χ4v) is 2.30. The number of rotatable bonds is 2. The van der Waals surface area contributed by atoms with Gasteiger partial charge in [0.25, 0.3) is 0 Å². The summed E-state index contributed by atoms with van der Waals surface area (Å²) in [4.78, 5) is 2.33. The minimum Gasteiger partial charge on any atom is -0.398 e. The third-order valence-corrected chi connectivity index (χ3v) is 3.42. The number of nitrogen functional groups attached to an aromatic ring is 1. The second-order valence-electron chi connectivity index (χ2n) is 4.58. The molecule has 3 N–H and O–H groups in total. The Kier molecular flexibility index (Phi) is 3.26. The van der Waals surface area contributed by atoms with Gasteiger partial charge in [-0.05, 0) is 44.6 Å². The summed E-state index contributed by atoms with van der Waals surface area (Å²) >= 11 is 6.02. The highest BCUT2D eigenvalue weighted by Gasteiger charge is 2.19. The largest absolute Gasteiger partial charge is 0.398 e. The van der Waals surface area contributed by atoms with Crippen LogP contribution >= 0.6 is 11.6 Å². The first kappa shape index (κ1) is 11.6. The second-order valence-corrected chi connectivity index (χ2v) is 4.99. The van der Waals surface area contributed by atoms with Crippen LogP contribution in [0.25, 0.3) is 0 Å². The number of likely N-dealkylation sites (N-methyl/N-ethyl adjacent to an activating group) is 1. The summed E-state index contributed by atoms with van der Waals surface area (Å²) < 4.78 is 0. The zero-order valence-corrected chi connectivity index (χ0v) is 10.5. The van der Waals surface area contributed by atoms with Crippen LogP contribution in [0.4, 0.5) is 11.4 Å². The fourth-order valence-electron chi connectivity index (χ4n) is 2.13. The topological polar surface area (TPSA) is 41.3 Å². The van der Waals surface area contributed by atoms with Gasteiger partial charge in [0.1, 0.15) is 0 Å². The number of nitrogens with one attached hydrogen (secondary N) is 1. The van der Waals surface area contributed by atoms with Gasteiger partial charge in [-0.25, -0.2) is 0 Å². The molecule has 16 heavy (non-hydrogen) atoms. The average Bonchev–Trinajstić information content (AvgIpc) is 2.60. The van der Waals surface area contributed by atoms with Crippen LogP contribution in [0, 0.1) is 6.92 Å². The molecule has 1 fully saturated rings. The van der Waals surface area contributed by atoms with Crippen molar-refractivity contribution < 1.29 is 0 Å². The first-order valence-corrected chi connectivity index (χ1v) is 5.95. The smallest absolute Gasteiger partial charge is 0.0656 e. The Morgan fingerprint density at radius 1 is 1.50 bits per heavy atom. The Labute approximate surface area is 102 Å². The van der Waals surface area contributed by atoms with Crippen LogP contribution in [0.3, 0.4) is 0 Å². The lowest BCUT2D eigenvalue weighted by molar-refractivity contribution is 0.414. The number of hydrogen-bond acceptors (Lipinski definition) is 3. The summed E-state index contributed by atoms with van der Waals surface area (Å²) in [6, 6.07) is 4.36. The Balaban J connectivity index is 2.12. The van der Waals surface area contributed by atoms with Gasteiger partial charge in [0, 0.05) is 18.3 Å². The summed E-state index contributed by atoms with van der Waals surface area (Å²) in [5.41, 5.74) is 8.64. The molecule has 1 aliphatic rings. The maximum Gasteiger partial charge on any atom is 0.0656 e. The Bertz CT molecular complexity index is 392. The molecular weight excluding hydrogens is 222 g/mol. The predicted molar refractivity (Wildman–Crippen MR) is 70.1 cm³/mol. The number of nitrogens with two attached hydrogens (primary N) is 1. The zero-order valence-electron chi connectivity index (χ0n) is 9.76. The Morgan fingerprint density at radius 3 is 2.88 bits per heavy atom. The molecule has 1 unspecified atom stereocenters. The highest BCUT2D eigenvalue weighted by molar-refractivity contribution is 6.33. The number of benzene rings is 1. The van der Waals surface area contributed by atoms with Crippen molar-refractivity contribution in [2.75, 3.05) is 31.2 Å². The molecule has 88 valence electrons. The van der Waals surface area contributed by atoms with E-state index in [-0.39, 0.29) is 0 Å². The standard InChI is InChI=1S/C12H18ClN3/c1-8-5-11(14)10(13)6-12(8)15-9-3-4-16(2)7-9/h5-6,9,15H,3-4,7,14H2,1-2H3. The first-order valence-electron chi connectivity index (χ1n) is 5.57. The van der Waals surface area contributed by atoms with E-state index in [4.69, 9.17) is 17.3 Å². The van der Waals surface area contributed by atoms with Crippen molar-refractivity contribution in [2.24, 2.45) is 0 Å². The molecule has 4 heteroatoms. The van der Waals surface area contributed by atoms with E-state index in [2.05, 4.69) is 17.3 Å². The molecule has 1 heterocycles. The predicted octanol–water partition coefficient (Wildman–Crippen LogP) is 2.35. The minimum absolute atomic E-state index is 0.517. The van der Waals surface area contributed by atoms with Gasteiger partial charge < -0.3 is 16.0 Å². The van der Waals surface area contributed by atoms with Gasteiger partial charge in [-0.15, -0.1) is 0 Å². The van der Waals surface area contributed by atoms with Crippen LogP contribution < -0.4 is 11.1 Å². The highest BCUT2D eigenvalue weighted by atomic mass is 35.5. The summed E-state index contributed by atoms with van der Waals surface area (Å²) in [6.07, 6.45) is 1.18. The molecular formula is C12H18ClN3. The number of aryl methyl sites for hydroxylation is 1. The zero-order chi connectivity index (χ0) is 11.7. The molecule has 0 bridgehead atoms. The molecule has 0 aliphatic carbocycles. The molecule has 1 saturated heterocycles. The summed E-state index contributed by atoms with van der Waals surface area (Å²) in [6.45, 7) is 4.29. The van der Waals surface area contributed by atoms with Crippen molar-refractivity contribution in [3.8, 4) is 0 Å². The minimum atomic E-state index is 0.517. The van der Waals surface area contributed by atoms with E-state index in [9.17, 15) is 0 Å². The average molecular weight is 240 g/mol. The number of nitrogens with zero attached hydrogens (tertiary/aromatic N) is 1. The lowest BCUT2D eigenvalue weighted by atomic mass is 10.1. The van der Waals surface area contributed by atoms with Gasteiger partial charge in [-0.2, -0.15) is 0 Å². The summed E-state index contributed by atoms with van der Waals surface area (Å²) in [5, 5.41) is 4.15. The van der Waals surface area contributed by atoms with Crippen LogP contribution in [0.15, 0.2) is 12.1 Å². The van der Waals surface area contributed by atoms with Crippen molar-refractivity contribution in [1.29, 1.82) is 0 Å². The van der Waals surface area contributed by atoms with Crippen molar-refractivity contribution in [3.63, 3.8) is 0 Å². The lowest BCUT2D eigenvalue weighted by Gasteiger charge is -2.17. The number of hydrogen-bond donors (Lipinski definition) is 2. The monoisotopic (exact) mass is 239 g/mol. The van der Waals surface area contributed by atoms with E-state index in [0.29, 0.717) is 16.8 Å². The quantitative estimate of drug-likeness (QED) is 0.779. The van der Waals surface area contributed by atoms with Crippen molar-refractivity contribution in [3.05, 3.63) is 22.7 Å². The third kappa shape index (κ3) is 2.42. The number of halogens is 1. The van der Waals surface area contributed by atoms with E-state index in [1.165, 1.54) is 6.42 Å². The molecule has 1 aromatic carbocycles. The van der Waals surface area contributed by atoms with Gasteiger partial charge in [-0.3, -0.25) is 0 Å². The third-order valence-electron chi connectivity index (χ3n) is 3.09. The fraction of sp³-hybridized carbons (Fsp3) is 0.500. The molecule has 1 aromatic rings. The van der Waals surface area contributed by atoms with Crippen molar-refractivity contribution in [2.45, 2.75) is 19.4 Å². The molecule has 1 aliphatic heterocycles.